The van der Waals surface area contributed by atoms with Crippen LogP contribution in [0.4, 0.5) is 10.1 Å². The number of hydrogen-bond donors (Lipinski definition) is 1. The molecule has 2 atom stereocenters. The monoisotopic (exact) mass is 381 g/mol. The Balaban J connectivity index is 1.46. The third-order valence-electron chi connectivity index (χ3n) is 5.95. The number of aryl methyl sites for hydroxylation is 1. The summed E-state index contributed by atoms with van der Waals surface area (Å²) in [6, 6.07) is 11.4. The molecule has 2 aliphatic rings. The van der Waals surface area contributed by atoms with E-state index < -0.39 is 5.41 Å². The van der Waals surface area contributed by atoms with E-state index in [1.54, 1.807) is 23.1 Å². The normalized spacial score (nSPS) is 24.6. The van der Waals surface area contributed by atoms with Crippen LogP contribution in [0.3, 0.4) is 0 Å². The number of aromatic nitrogens is 1. The molecular formula is C22H24FN3O2. The van der Waals surface area contributed by atoms with Gasteiger partial charge in [0.05, 0.1) is 5.41 Å². The van der Waals surface area contributed by atoms with E-state index in [2.05, 4.69) is 10.3 Å². The first-order chi connectivity index (χ1) is 13.5. The summed E-state index contributed by atoms with van der Waals surface area (Å²) in [6.45, 7) is 2.48. The third kappa shape index (κ3) is 3.51. The molecule has 4 rings (SSSR count). The minimum absolute atomic E-state index is 0.0410. The van der Waals surface area contributed by atoms with E-state index >= 15 is 0 Å². The number of carbonyl (C=O) groups is 2. The van der Waals surface area contributed by atoms with Crippen LogP contribution >= 0.6 is 0 Å². The summed E-state index contributed by atoms with van der Waals surface area (Å²) in [5, 5.41) is 3.07. The highest BCUT2D eigenvalue weighted by molar-refractivity contribution is 6.00. The molecule has 1 N–H and O–H groups in total. The van der Waals surface area contributed by atoms with Gasteiger partial charge in [-0.2, -0.15) is 0 Å². The molecule has 2 amide bonds. The molecule has 1 aromatic carbocycles. The SMILES string of the molecule is Cc1cccc(C(=O)N[C@@H]2CCC[C@@]3(CCN(c4ccc(F)cc4)C3=O)C2)n1. The lowest BCUT2D eigenvalue weighted by Gasteiger charge is -2.36. The molecule has 1 aliphatic heterocycles. The molecule has 2 fully saturated rings. The maximum atomic E-state index is 13.2. The van der Waals surface area contributed by atoms with Crippen LogP contribution in [0.5, 0.6) is 0 Å². The number of amides is 2. The molecule has 1 spiro atoms. The lowest BCUT2D eigenvalue weighted by molar-refractivity contribution is -0.127. The van der Waals surface area contributed by atoms with E-state index in [9.17, 15) is 14.0 Å². The Hall–Kier alpha value is -2.76. The molecule has 5 nitrogen and oxygen atoms in total. The van der Waals surface area contributed by atoms with Gasteiger partial charge < -0.3 is 10.2 Å². The Morgan fingerprint density at radius 3 is 2.75 bits per heavy atom. The number of nitrogens with one attached hydrogen (secondary N) is 1. The standard InChI is InChI=1S/C22H24FN3O2/c1-15-4-2-6-19(24-15)20(27)25-17-5-3-11-22(14-17)12-13-26(21(22)28)18-9-7-16(23)8-10-18/h2,4,6-10,17H,3,5,11-14H2,1H3,(H,25,27)/t17-,22-/m1/s1. The average Bonchev–Trinajstić information content (AvgIpc) is 2.98. The van der Waals surface area contributed by atoms with Gasteiger partial charge in [0.25, 0.3) is 5.91 Å². The number of halogens is 1. The van der Waals surface area contributed by atoms with Gasteiger partial charge in [0.2, 0.25) is 5.91 Å². The van der Waals surface area contributed by atoms with Crippen LogP contribution in [0, 0.1) is 18.2 Å². The Kier molecular flexibility index (Phi) is 4.87. The maximum Gasteiger partial charge on any atom is 0.270 e. The molecular weight excluding hydrogens is 357 g/mol. The molecule has 2 heterocycles. The molecule has 0 unspecified atom stereocenters. The molecule has 28 heavy (non-hydrogen) atoms. The topological polar surface area (TPSA) is 62.3 Å². The number of pyridine rings is 1. The van der Waals surface area contributed by atoms with Crippen molar-refractivity contribution in [3.8, 4) is 0 Å². The molecule has 1 saturated carbocycles. The van der Waals surface area contributed by atoms with Crippen LogP contribution in [-0.4, -0.2) is 29.4 Å². The second-order valence-electron chi connectivity index (χ2n) is 7.89. The first-order valence-electron chi connectivity index (χ1n) is 9.79. The van der Waals surface area contributed by atoms with E-state index in [1.165, 1.54) is 12.1 Å². The van der Waals surface area contributed by atoms with Crippen molar-refractivity contribution in [3.63, 3.8) is 0 Å². The number of benzene rings is 1. The highest BCUT2D eigenvalue weighted by Crippen LogP contribution is 2.46. The average molecular weight is 381 g/mol. The van der Waals surface area contributed by atoms with E-state index in [0.717, 1.165) is 37.1 Å². The van der Waals surface area contributed by atoms with Gasteiger partial charge in [0, 0.05) is 24.0 Å². The number of hydrogen-bond acceptors (Lipinski definition) is 3. The van der Waals surface area contributed by atoms with Gasteiger partial charge in [-0.1, -0.05) is 12.5 Å². The van der Waals surface area contributed by atoms with Crippen molar-refractivity contribution in [1.82, 2.24) is 10.3 Å². The van der Waals surface area contributed by atoms with Gasteiger partial charge in [-0.25, -0.2) is 9.37 Å². The van der Waals surface area contributed by atoms with Crippen molar-refractivity contribution >= 4 is 17.5 Å². The van der Waals surface area contributed by atoms with Gasteiger partial charge in [-0.3, -0.25) is 9.59 Å². The number of carbonyl (C=O) groups excluding carboxylic acids is 2. The van der Waals surface area contributed by atoms with Gasteiger partial charge in [0.1, 0.15) is 11.5 Å². The third-order valence-corrected chi connectivity index (χ3v) is 5.95. The summed E-state index contributed by atoms with van der Waals surface area (Å²) < 4.78 is 13.2. The lowest BCUT2D eigenvalue weighted by Crippen LogP contribution is -2.46. The van der Waals surface area contributed by atoms with Gasteiger partial charge in [-0.15, -0.1) is 0 Å². The molecule has 2 aromatic rings. The molecule has 6 heteroatoms. The first-order valence-corrected chi connectivity index (χ1v) is 9.79. The summed E-state index contributed by atoms with van der Waals surface area (Å²) in [5.41, 5.74) is 1.50. The van der Waals surface area contributed by atoms with Crippen LogP contribution in [0.2, 0.25) is 0 Å². The Morgan fingerprint density at radius 1 is 1.21 bits per heavy atom. The van der Waals surface area contributed by atoms with Crippen molar-refractivity contribution in [2.24, 2.45) is 5.41 Å². The Bertz CT molecular complexity index is 899. The molecule has 1 aliphatic carbocycles. The lowest BCUT2D eigenvalue weighted by atomic mass is 9.71. The van der Waals surface area contributed by atoms with E-state index in [4.69, 9.17) is 0 Å². The summed E-state index contributed by atoms with van der Waals surface area (Å²) in [5.74, 6) is -0.409. The minimum atomic E-state index is -0.440. The molecule has 0 radical (unpaired) electrons. The second-order valence-corrected chi connectivity index (χ2v) is 7.89. The van der Waals surface area contributed by atoms with Crippen LogP contribution in [0.1, 0.15) is 48.3 Å². The van der Waals surface area contributed by atoms with Gasteiger partial charge in [0.15, 0.2) is 0 Å². The zero-order valence-corrected chi connectivity index (χ0v) is 16.0. The Labute approximate surface area is 164 Å². The van der Waals surface area contributed by atoms with E-state index in [0.29, 0.717) is 18.7 Å². The zero-order valence-electron chi connectivity index (χ0n) is 16.0. The van der Waals surface area contributed by atoms with Crippen LogP contribution < -0.4 is 10.2 Å². The first kappa shape index (κ1) is 18.6. The second kappa shape index (κ2) is 7.34. The highest BCUT2D eigenvalue weighted by Gasteiger charge is 2.49. The van der Waals surface area contributed by atoms with Crippen molar-refractivity contribution in [3.05, 3.63) is 59.7 Å². The summed E-state index contributed by atoms with van der Waals surface area (Å²) in [6.07, 6.45) is 4.00. The fraction of sp³-hybridized carbons (Fsp3) is 0.409. The zero-order chi connectivity index (χ0) is 19.7. The summed E-state index contributed by atoms with van der Waals surface area (Å²) >= 11 is 0. The van der Waals surface area contributed by atoms with Crippen molar-refractivity contribution in [2.75, 3.05) is 11.4 Å². The summed E-state index contributed by atoms with van der Waals surface area (Å²) in [7, 11) is 0. The fourth-order valence-electron chi connectivity index (χ4n) is 4.52. The predicted molar refractivity (Wildman–Crippen MR) is 104 cm³/mol. The van der Waals surface area contributed by atoms with Gasteiger partial charge in [-0.05, 0) is 69.0 Å². The minimum Gasteiger partial charge on any atom is -0.348 e. The number of rotatable bonds is 3. The van der Waals surface area contributed by atoms with Crippen molar-refractivity contribution < 1.29 is 14.0 Å². The van der Waals surface area contributed by atoms with E-state index in [-0.39, 0.29) is 23.7 Å². The summed E-state index contributed by atoms with van der Waals surface area (Å²) in [4.78, 5) is 31.8. The molecule has 0 bridgehead atoms. The largest absolute Gasteiger partial charge is 0.348 e. The predicted octanol–water partition coefficient (Wildman–Crippen LogP) is 3.62. The van der Waals surface area contributed by atoms with Crippen LogP contribution in [0.15, 0.2) is 42.5 Å². The van der Waals surface area contributed by atoms with Crippen LogP contribution in [-0.2, 0) is 4.79 Å². The molecule has 1 aromatic heterocycles. The quantitative estimate of drug-likeness (QED) is 0.883. The maximum absolute atomic E-state index is 13.2. The number of anilines is 1. The van der Waals surface area contributed by atoms with Gasteiger partial charge >= 0.3 is 0 Å². The molecule has 1 saturated heterocycles. The number of nitrogens with zero attached hydrogens (tertiary/aromatic N) is 2. The van der Waals surface area contributed by atoms with Crippen LogP contribution in [0.25, 0.3) is 0 Å². The van der Waals surface area contributed by atoms with E-state index in [1.807, 2.05) is 19.1 Å². The van der Waals surface area contributed by atoms with Crippen molar-refractivity contribution in [2.45, 2.75) is 45.1 Å². The highest BCUT2D eigenvalue weighted by atomic mass is 19.1. The van der Waals surface area contributed by atoms with Crippen molar-refractivity contribution in [1.29, 1.82) is 0 Å². The molecule has 146 valence electrons. The Morgan fingerprint density at radius 2 is 2.00 bits per heavy atom. The fourth-order valence-corrected chi connectivity index (χ4v) is 4.52. The smallest absolute Gasteiger partial charge is 0.270 e.